The van der Waals surface area contributed by atoms with Gasteiger partial charge in [0.25, 0.3) is 0 Å². The van der Waals surface area contributed by atoms with Crippen molar-refractivity contribution < 1.29 is 0 Å². The van der Waals surface area contributed by atoms with E-state index in [-0.39, 0.29) is 0 Å². The molecule has 58 valence electrons. The molecular weight excluding hydrogens is 164 g/mol. The highest BCUT2D eigenvalue weighted by Crippen LogP contribution is 2.24. The van der Waals surface area contributed by atoms with Gasteiger partial charge in [-0.05, 0) is 0 Å². The van der Waals surface area contributed by atoms with Gasteiger partial charge in [0.05, 0.1) is 0 Å². The second-order valence-corrected chi connectivity index (χ2v) is 4.70. The van der Waals surface area contributed by atoms with E-state index in [9.17, 15) is 0 Å². The molecule has 2 fully saturated rings. The summed E-state index contributed by atoms with van der Waals surface area (Å²) in [5, 5.41) is 4.06. The Labute approximate surface area is 71.1 Å². The Kier molecular flexibility index (Phi) is 2.13. The summed E-state index contributed by atoms with van der Waals surface area (Å²) in [6.45, 7) is 3.49. The van der Waals surface area contributed by atoms with E-state index in [0.717, 1.165) is 13.1 Å². The molecule has 10 heavy (non-hydrogen) atoms. The number of hydrogen-bond acceptors (Lipinski definition) is 4. The van der Waals surface area contributed by atoms with Crippen LogP contribution in [0.15, 0.2) is 0 Å². The average molecular weight is 176 g/mol. The third-order valence-corrected chi connectivity index (χ3v) is 3.47. The monoisotopic (exact) mass is 176 g/mol. The molecule has 0 spiro atoms. The topological polar surface area (TPSA) is 15.3 Å². The number of likely N-dealkylation sites (tertiary alicyclic amines) is 1. The van der Waals surface area contributed by atoms with Gasteiger partial charge in [-0.25, -0.2) is 0 Å². The molecule has 0 bridgehead atoms. The summed E-state index contributed by atoms with van der Waals surface area (Å²) in [5.41, 5.74) is 0.600. The van der Waals surface area contributed by atoms with Crippen molar-refractivity contribution in [3.8, 4) is 0 Å². The molecule has 2 nitrogen and oxygen atoms in total. The van der Waals surface area contributed by atoms with E-state index >= 15 is 0 Å². The van der Waals surface area contributed by atoms with Crippen molar-refractivity contribution in [2.24, 2.45) is 0 Å². The highest BCUT2D eigenvalue weighted by Gasteiger charge is 2.31. The fourth-order valence-electron chi connectivity index (χ4n) is 1.33. The zero-order valence-electron chi connectivity index (χ0n) is 5.79. The zero-order valence-corrected chi connectivity index (χ0v) is 7.50. The SMILES string of the molecule is SC1CN(C2NCCS2)C1. The first-order valence-electron chi connectivity index (χ1n) is 3.63. The Morgan fingerprint density at radius 1 is 1.50 bits per heavy atom. The molecule has 0 aromatic heterocycles. The average Bonchev–Trinajstić information content (AvgIpc) is 2.31. The lowest BCUT2D eigenvalue weighted by molar-refractivity contribution is 0.161. The van der Waals surface area contributed by atoms with Crippen LogP contribution in [0.2, 0.25) is 0 Å². The number of nitrogens with zero attached hydrogens (tertiary/aromatic N) is 1. The lowest BCUT2D eigenvalue weighted by Crippen LogP contribution is -2.55. The van der Waals surface area contributed by atoms with E-state index in [0.29, 0.717) is 10.7 Å². The van der Waals surface area contributed by atoms with Gasteiger partial charge < -0.3 is 0 Å². The molecule has 4 heteroatoms. The Hall–Kier alpha value is 0.620. The summed E-state index contributed by atoms with van der Waals surface area (Å²) in [6, 6.07) is 0. The molecule has 0 amide bonds. The van der Waals surface area contributed by atoms with Crippen molar-refractivity contribution in [2.75, 3.05) is 25.4 Å². The number of hydrogen-bond donors (Lipinski definition) is 2. The van der Waals surface area contributed by atoms with Crippen molar-refractivity contribution in [2.45, 2.75) is 10.7 Å². The molecule has 2 aliphatic rings. The summed E-state index contributed by atoms with van der Waals surface area (Å²) >= 11 is 6.37. The van der Waals surface area contributed by atoms with E-state index in [1.54, 1.807) is 0 Å². The smallest absolute Gasteiger partial charge is 0.108 e. The van der Waals surface area contributed by atoms with Gasteiger partial charge in [-0.1, -0.05) is 0 Å². The number of thioether (sulfide) groups is 1. The quantitative estimate of drug-likeness (QED) is 0.556. The molecule has 0 saturated carbocycles. The molecule has 0 aromatic carbocycles. The highest BCUT2D eigenvalue weighted by atomic mass is 32.2. The minimum absolute atomic E-state index is 0.600. The van der Waals surface area contributed by atoms with Crippen LogP contribution >= 0.6 is 24.4 Å². The standard InChI is InChI=1S/C6H12N2S2/c9-5-3-8(4-5)6-7-1-2-10-6/h5-7,9H,1-4H2. The second-order valence-electron chi connectivity index (χ2n) is 2.79. The molecule has 0 aromatic rings. The predicted molar refractivity (Wildman–Crippen MR) is 48.6 cm³/mol. The van der Waals surface area contributed by atoms with Crippen LogP contribution in [-0.2, 0) is 0 Å². The number of rotatable bonds is 1. The minimum Gasteiger partial charge on any atom is -0.292 e. The molecular formula is C6H12N2S2. The Balaban J connectivity index is 1.78. The summed E-state index contributed by atoms with van der Waals surface area (Å²) in [7, 11) is 0. The van der Waals surface area contributed by atoms with E-state index in [4.69, 9.17) is 0 Å². The van der Waals surface area contributed by atoms with Crippen molar-refractivity contribution in [3.05, 3.63) is 0 Å². The predicted octanol–water partition coefficient (Wildman–Crippen LogP) is 0.220. The number of nitrogens with one attached hydrogen (secondary N) is 1. The fraction of sp³-hybridized carbons (Fsp3) is 1.00. The second kappa shape index (κ2) is 2.93. The Bertz CT molecular complexity index is 119. The van der Waals surface area contributed by atoms with Crippen molar-refractivity contribution >= 4 is 24.4 Å². The van der Waals surface area contributed by atoms with Crippen molar-refractivity contribution in [1.29, 1.82) is 0 Å². The van der Waals surface area contributed by atoms with E-state index in [1.165, 1.54) is 12.3 Å². The van der Waals surface area contributed by atoms with Crippen molar-refractivity contribution in [1.82, 2.24) is 10.2 Å². The lowest BCUT2D eigenvalue weighted by Gasteiger charge is -2.40. The Morgan fingerprint density at radius 3 is 2.80 bits per heavy atom. The maximum absolute atomic E-state index is 4.36. The van der Waals surface area contributed by atoms with Crippen LogP contribution in [0.5, 0.6) is 0 Å². The summed E-state index contributed by atoms with van der Waals surface area (Å²) in [5.74, 6) is 1.26. The van der Waals surface area contributed by atoms with Crippen LogP contribution < -0.4 is 5.32 Å². The highest BCUT2D eigenvalue weighted by molar-refractivity contribution is 8.00. The first-order valence-corrected chi connectivity index (χ1v) is 5.20. The van der Waals surface area contributed by atoms with Crippen LogP contribution in [0, 0.1) is 0 Å². The van der Waals surface area contributed by atoms with Gasteiger partial charge in [-0.2, -0.15) is 12.6 Å². The normalized spacial score (nSPS) is 36.3. The number of thiol groups is 1. The molecule has 1 atom stereocenters. The first kappa shape index (κ1) is 7.28. The van der Waals surface area contributed by atoms with Crippen LogP contribution in [0.1, 0.15) is 0 Å². The molecule has 2 rings (SSSR count). The van der Waals surface area contributed by atoms with Crippen LogP contribution in [0.25, 0.3) is 0 Å². The van der Waals surface area contributed by atoms with Gasteiger partial charge in [0.1, 0.15) is 5.50 Å². The maximum Gasteiger partial charge on any atom is 0.108 e. The van der Waals surface area contributed by atoms with Gasteiger partial charge in [0.15, 0.2) is 0 Å². The van der Waals surface area contributed by atoms with E-state index in [1.807, 2.05) is 11.8 Å². The molecule has 1 unspecified atom stereocenters. The molecule has 2 heterocycles. The van der Waals surface area contributed by atoms with Gasteiger partial charge >= 0.3 is 0 Å². The van der Waals surface area contributed by atoms with Gasteiger partial charge in [-0.3, -0.25) is 10.2 Å². The maximum atomic E-state index is 4.36. The van der Waals surface area contributed by atoms with E-state index < -0.39 is 0 Å². The summed E-state index contributed by atoms with van der Waals surface area (Å²) in [6.07, 6.45) is 0. The fourth-order valence-corrected chi connectivity index (χ4v) is 2.82. The van der Waals surface area contributed by atoms with Crippen molar-refractivity contribution in [3.63, 3.8) is 0 Å². The minimum atomic E-state index is 0.600. The van der Waals surface area contributed by atoms with Gasteiger partial charge in [-0.15, -0.1) is 11.8 Å². The zero-order chi connectivity index (χ0) is 6.97. The molecule has 0 radical (unpaired) electrons. The third kappa shape index (κ3) is 1.30. The van der Waals surface area contributed by atoms with Gasteiger partial charge in [0, 0.05) is 30.6 Å². The molecule has 0 aliphatic carbocycles. The van der Waals surface area contributed by atoms with Gasteiger partial charge in [0.2, 0.25) is 0 Å². The van der Waals surface area contributed by atoms with Crippen LogP contribution in [0.3, 0.4) is 0 Å². The summed E-state index contributed by atoms with van der Waals surface area (Å²) < 4.78 is 0. The van der Waals surface area contributed by atoms with Crippen LogP contribution in [-0.4, -0.2) is 41.0 Å². The largest absolute Gasteiger partial charge is 0.292 e. The first-order chi connectivity index (χ1) is 4.86. The molecule has 1 N–H and O–H groups in total. The lowest BCUT2D eigenvalue weighted by atomic mass is 10.2. The molecule has 2 aliphatic heterocycles. The Morgan fingerprint density at radius 2 is 2.30 bits per heavy atom. The summed E-state index contributed by atoms with van der Waals surface area (Å²) in [4.78, 5) is 2.44. The van der Waals surface area contributed by atoms with E-state index in [2.05, 4.69) is 22.8 Å². The molecule has 2 saturated heterocycles. The van der Waals surface area contributed by atoms with Crippen LogP contribution in [0.4, 0.5) is 0 Å². The third-order valence-electron chi connectivity index (χ3n) is 1.92.